The third-order valence-electron chi connectivity index (χ3n) is 4.38. The van der Waals surface area contributed by atoms with Gasteiger partial charge >= 0.3 is 5.97 Å². The van der Waals surface area contributed by atoms with Gasteiger partial charge in [-0.3, -0.25) is 14.4 Å². The van der Waals surface area contributed by atoms with Crippen LogP contribution in [0.4, 0.5) is 4.39 Å². The number of morpholine rings is 1. The molecule has 2 aromatic carbocycles. The van der Waals surface area contributed by atoms with Crippen molar-refractivity contribution in [3.05, 3.63) is 71.5 Å². The largest absolute Gasteiger partial charge is 0.446 e. The van der Waals surface area contributed by atoms with Crippen LogP contribution in [0.2, 0.25) is 0 Å². The molecule has 152 valence electrons. The van der Waals surface area contributed by atoms with E-state index in [1.165, 1.54) is 18.2 Å². The fourth-order valence-corrected chi connectivity index (χ4v) is 2.90. The SMILES string of the molecule is O=C(CNC(=O)c1cccc(F)c1)O[C@H](C(=O)N1CCOCC1)c1ccccc1. The van der Waals surface area contributed by atoms with E-state index in [4.69, 9.17) is 9.47 Å². The lowest BCUT2D eigenvalue weighted by Crippen LogP contribution is -2.44. The first-order valence-corrected chi connectivity index (χ1v) is 9.19. The highest BCUT2D eigenvalue weighted by Gasteiger charge is 2.30. The van der Waals surface area contributed by atoms with Gasteiger partial charge in [-0.2, -0.15) is 0 Å². The first-order valence-electron chi connectivity index (χ1n) is 9.19. The van der Waals surface area contributed by atoms with E-state index >= 15 is 0 Å². The van der Waals surface area contributed by atoms with Gasteiger partial charge in [0.1, 0.15) is 12.4 Å². The third-order valence-corrected chi connectivity index (χ3v) is 4.38. The van der Waals surface area contributed by atoms with E-state index in [-0.39, 0.29) is 11.5 Å². The topological polar surface area (TPSA) is 84.9 Å². The molecule has 0 unspecified atom stereocenters. The van der Waals surface area contributed by atoms with Crippen molar-refractivity contribution < 1.29 is 28.2 Å². The molecule has 1 N–H and O–H groups in total. The van der Waals surface area contributed by atoms with Crippen LogP contribution in [0.25, 0.3) is 0 Å². The lowest BCUT2D eigenvalue weighted by molar-refractivity contribution is -0.162. The van der Waals surface area contributed by atoms with Crippen molar-refractivity contribution in [3.63, 3.8) is 0 Å². The first kappa shape index (κ1) is 20.5. The van der Waals surface area contributed by atoms with Gasteiger partial charge in [0, 0.05) is 24.2 Å². The summed E-state index contributed by atoms with van der Waals surface area (Å²) in [7, 11) is 0. The number of esters is 1. The van der Waals surface area contributed by atoms with E-state index in [1.54, 1.807) is 35.2 Å². The average Bonchev–Trinajstić information content (AvgIpc) is 2.76. The maximum atomic E-state index is 13.2. The van der Waals surface area contributed by atoms with Crippen LogP contribution in [0.3, 0.4) is 0 Å². The van der Waals surface area contributed by atoms with Crippen LogP contribution < -0.4 is 5.32 Å². The van der Waals surface area contributed by atoms with Gasteiger partial charge in [0.2, 0.25) is 6.10 Å². The summed E-state index contributed by atoms with van der Waals surface area (Å²) in [6.45, 7) is 1.22. The van der Waals surface area contributed by atoms with Crippen molar-refractivity contribution in [1.29, 1.82) is 0 Å². The minimum atomic E-state index is -1.12. The van der Waals surface area contributed by atoms with E-state index in [2.05, 4.69) is 5.32 Å². The second kappa shape index (κ2) is 9.79. The highest BCUT2D eigenvalue weighted by Crippen LogP contribution is 2.21. The molecule has 0 aliphatic carbocycles. The lowest BCUT2D eigenvalue weighted by atomic mass is 10.1. The number of benzene rings is 2. The van der Waals surface area contributed by atoms with Crippen molar-refractivity contribution >= 4 is 17.8 Å². The second-order valence-electron chi connectivity index (χ2n) is 6.41. The van der Waals surface area contributed by atoms with Crippen molar-refractivity contribution in [2.24, 2.45) is 0 Å². The molecule has 0 radical (unpaired) electrons. The minimum Gasteiger partial charge on any atom is -0.446 e. The molecule has 1 aliphatic rings. The Morgan fingerprint density at radius 2 is 1.79 bits per heavy atom. The number of halogens is 1. The molecule has 29 heavy (non-hydrogen) atoms. The fraction of sp³-hybridized carbons (Fsp3) is 0.286. The number of nitrogens with zero attached hydrogens (tertiary/aromatic N) is 1. The molecule has 8 heteroatoms. The lowest BCUT2D eigenvalue weighted by Gasteiger charge is -2.30. The van der Waals surface area contributed by atoms with Crippen molar-refractivity contribution in [2.45, 2.75) is 6.10 Å². The molecular weight excluding hydrogens is 379 g/mol. The quantitative estimate of drug-likeness (QED) is 0.746. The molecular formula is C21H21FN2O5. The van der Waals surface area contributed by atoms with E-state index < -0.39 is 30.3 Å². The normalized spacial score (nSPS) is 14.7. The minimum absolute atomic E-state index is 0.0850. The van der Waals surface area contributed by atoms with Crippen LogP contribution in [-0.4, -0.2) is 55.5 Å². The molecule has 0 aromatic heterocycles. The number of carbonyl (C=O) groups is 3. The van der Waals surface area contributed by atoms with Gasteiger partial charge in [-0.15, -0.1) is 0 Å². The first-order chi connectivity index (χ1) is 14.0. The van der Waals surface area contributed by atoms with Gasteiger partial charge in [-0.05, 0) is 18.2 Å². The summed E-state index contributed by atoms with van der Waals surface area (Å²) < 4.78 is 23.9. The molecule has 1 atom stereocenters. The van der Waals surface area contributed by atoms with Gasteiger partial charge in [-0.1, -0.05) is 36.4 Å². The summed E-state index contributed by atoms with van der Waals surface area (Å²) in [5, 5.41) is 2.38. The molecule has 2 aromatic rings. The molecule has 1 saturated heterocycles. The van der Waals surface area contributed by atoms with Crippen molar-refractivity contribution in [1.82, 2.24) is 10.2 Å². The smallest absolute Gasteiger partial charge is 0.326 e. The second-order valence-corrected chi connectivity index (χ2v) is 6.41. The van der Waals surface area contributed by atoms with Crippen LogP contribution >= 0.6 is 0 Å². The van der Waals surface area contributed by atoms with Gasteiger partial charge in [-0.25, -0.2) is 4.39 Å². The predicted octanol–water partition coefficient (Wildman–Crippen LogP) is 1.70. The van der Waals surface area contributed by atoms with Gasteiger partial charge in [0.25, 0.3) is 11.8 Å². The standard InChI is InChI=1S/C21H21FN2O5/c22-17-8-4-7-16(13-17)20(26)23-14-18(25)29-19(15-5-2-1-3-6-15)21(27)24-9-11-28-12-10-24/h1-8,13,19H,9-12,14H2,(H,23,26)/t19-/m0/s1. The zero-order valence-electron chi connectivity index (χ0n) is 15.7. The monoisotopic (exact) mass is 400 g/mol. The Morgan fingerprint density at radius 1 is 1.07 bits per heavy atom. The maximum absolute atomic E-state index is 13.2. The number of hydrogen-bond donors (Lipinski definition) is 1. The molecule has 0 saturated carbocycles. The van der Waals surface area contributed by atoms with E-state index in [0.29, 0.717) is 31.9 Å². The highest BCUT2D eigenvalue weighted by atomic mass is 19.1. The van der Waals surface area contributed by atoms with Crippen LogP contribution in [-0.2, 0) is 19.1 Å². The van der Waals surface area contributed by atoms with Crippen LogP contribution in [0.15, 0.2) is 54.6 Å². The van der Waals surface area contributed by atoms with Crippen LogP contribution in [0.1, 0.15) is 22.0 Å². The van der Waals surface area contributed by atoms with Crippen molar-refractivity contribution in [3.8, 4) is 0 Å². The molecule has 1 aliphatic heterocycles. The summed E-state index contributed by atoms with van der Waals surface area (Å²) in [4.78, 5) is 38.9. The Labute approximate surface area is 167 Å². The molecule has 2 amide bonds. The summed E-state index contributed by atoms with van der Waals surface area (Å²) in [6.07, 6.45) is -1.12. The average molecular weight is 400 g/mol. The summed E-state index contributed by atoms with van der Waals surface area (Å²) in [6, 6.07) is 13.8. The third kappa shape index (κ3) is 5.61. The van der Waals surface area contributed by atoms with Gasteiger partial charge in [0.15, 0.2) is 0 Å². The number of carbonyl (C=O) groups excluding carboxylic acids is 3. The van der Waals surface area contributed by atoms with E-state index in [9.17, 15) is 18.8 Å². The number of hydrogen-bond acceptors (Lipinski definition) is 5. The van der Waals surface area contributed by atoms with E-state index in [1.807, 2.05) is 0 Å². The highest BCUT2D eigenvalue weighted by molar-refractivity contribution is 5.96. The zero-order valence-corrected chi connectivity index (χ0v) is 15.7. The Hall–Kier alpha value is -3.26. The summed E-state index contributed by atoms with van der Waals surface area (Å²) in [5.41, 5.74) is 0.621. The Kier molecular flexibility index (Phi) is 6.91. The Morgan fingerprint density at radius 3 is 2.48 bits per heavy atom. The number of rotatable bonds is 6. The predicted molar refractivity (Wildman–Crippen MR) is 101 cm³/mol. The fourth-order valence-electron chi connectivity index (χ4n) is 2.90. The van der Waals surface area contributed by atoms with E-state index in [0.717, 1.165) is 6.07 Å². The van der Waals surface area contributed by atoms with Crippen LogP contribution in [0, 0.1) is 5.82 Å². The maximum Gasteiger partial charge on any atom is 0.326 e. The molecule has 3 rings (SSSR count). The Balaban J connectivity index is 1.64. The summed E-state index contributed by atoms with van der Waals surface area (Å²) in [5.74, 6) is -2.28. The summed E-state index contributed by atoms with van der Waals surface area (Å²) >= 11 is 0. The van der Waals surface area contributed by atoms with Crippen molar-refractivity contribution in [2.75, 3.05) is 32.8 Å². The van der Waals surface area contributed by atoms with Gasteiger partial charge < -0.3 is 19.7 Å². The number of amides is 2. The molecule has 1 heterocycles. The molecule has 0 bridgehead atoms. The Bertz CT molecular complexity index is 868. The number of nitrogens with one attached hydrogen (secondary N) is 1. The zero-order chi connectivity index (χ0) is 20.6. The molecule has 0 spiro atoms. The van der Waals surface area contributed by atoms with Gasteiger partial charge in [0.05, 0.1) is 13.2 Å². The molecule has 7 nitrogen and oxygen atoms in total. The van der Waals surface area contributed by atoms with Crippen LogP contribution in [0.5, 0.6) is 0 Å². The number of ether oxygens (including phenoxy) is 2. The molecule has 1 fully saturated rings.